The van der Waals surface area contributed by atoms with Crippen LogP contribution in [0.2, 0.25) is 0 Å². The fourth-order valence-electron chi connectivity index (χ4n) is 4.07. The molecule has 0 aromatic carbocycles. The quantitative estimate of drug-likeness (QED) is 0.783. The molecule has 0 bridgehead atoms. The van der Waals surface area contributed by atoms with Crippen molar-refractivity contribution in [1.82, 2.24) is 14.8 Å². The molecule has 0 unspecified atom stereocenters. The van der Waals surface area contributed by atoms with Crippen LogP contribution < -0.4 is 4.90 Å². The Hall–Kier alpha value is -1.66. The smallest absolute Gasteiger partial charge is 0.230 e. The van der Waals surface area contributed by atoms with Crippen LogP contribution in [0.25, 0.3) is 0 Å². The van der Waals surface area contributed by atoms with Gasteiger partial charge in [0, 0.05) is 53.6 Å². The van der Waals surface area contributed by atoms with Gasteiger partial charge in [0.2, 0.25) is 5.91 Å². The van der Waals surface area contributed by atoms with E-state index in [9.17, 15) is 4.79 Å². The molecule has 2 saturated heterocycles. The first-order chi connectivity index (χ1) is 12.0. The molecule has 1 aromatic heterocycles. The Morgan fingerprint density at radius 2 is 2.12 bits per heavy atom. The first-order valence-corrected chi connectivity index (χ1v) is 9.17. The number of likely N-dealkylation sites (tertiary alicyclic amines) is 2. The van der Waals surface area contributed by atoms with Crippen LogP contribution >= 0.6 is 0 Å². The number of amides is 1. The van der Waals surface area contributed by atoms with Crippen LogP contribution in [0.1, 0.15) is 24.8 Å². The van der Waals surface area contributed by atoms with Gasteiger partial charge < -0.3 is 14.5 Å². The monoisotopic (exact) mass is 346 g/mol. The minimum atomic E-state index is -0.178. The Labute approximate surface area is 150 Å². The van der Waals surface area contributed by atoms with E-state index in [0.717, 1.165) is 51.3 Å². The minimum absolute atomic E-state index is 0.178. The SMILES string of the molecule is COCCN1CCC[C@@]2(CCN(Cc3ccc(N(C)C)nc3)C2)C1=O. The summed E-state index contributed by atoms with van der Waals surface area (Å²) in [5.41, 5.74) is 1.03. The lowest BCUT2D eigenvalue weighted by Gasteiger charge is -2.39. The summed E-state index contributed by atoms with van der Waals surface area (Å²) in [6.45, 7) is 4.93. The lowest BCUT2D eigenvalue weighted by atomic mass is 9.78. The number of piperidine rings is 1. The number of carbonyl (C=O) groups is 1. The molecule has 1 amide bonds. The lowest BCUT2D eigenvalue weighted by molar-refractivity contribution is -0.146. The molecule has 3 rings (SSSR count). The molecule has 0 N–H and O–H groups in total. The molecule has 2 fully saturated rings. The number of pyridine rings is 1. The molecule has 2 aliphatic heterocycles. The second-order valence-corrected chi connectivity index (χ2v) is 7.55. The van der Waals surface area contributed by atoms with E-state index in [2.05, 4.69) is 22.0 Å². The van der Waals surface area contributed by atoms with Crippen molar-refractivity contribution in [1.29, 1.82) is 0 Å². The van der Waals surface area contributed by atoms with Gasteiger partial charge in [-0.1, -0.05) is 6.07 Å². The number of nitrogens with zero attached hydrogens (tertiary/aromatic N) is 4. The Balaban J connectivity index is 1.61. The lowest BCUT2D eigenvalue weighted by Crippen LogP contribution is -2.50. The van der Waals surface area contributed by atoms with Crippen molar-refractivity contribution in [3.63, 3.8) is 0 Å². The number of carbonyl (C=O) groups excluding carboxylic acids is 1. The second-order valence-electron chi connectivity index (χ2n) is 7.55. The van der Waals surface area contributed by atoms with Gasteiger partial charge >= 0.3 is 0 Å². The normalized spacial score (nSPS) is 24.3. The van der Waals surface area contributed by atoms with Crippen LogP contribution in [-0.2, 0) is 16.1 Å². The van der Waals surface area contributed by atoms with Crippen molar-refractivity contribution >= 4 is 11.7 Å². The van der Waals surface area contributed by atoms with Gasteiger partial charge in [-0.15, -0.1) is 0 Å². The van der Waals surface area contributed by atoms with Crippen molar-refractivity contribution in [3.8, 4) is 0 Å². The van der Waals surface area contributed by atoms with Crippen molar-refractivity contribution in [2.24, 2.45) is 5.41 Å². The van der Waals surface area contributed by atoms with Crippen LogP contribution in [0.15, 0.2) is 18.3 Å². The zero-order chi connectivity index (χ0) is 17.9. The van der Waals surface area contributed by atoms with Gasteiger partial charge in [0.05, 0.1) is 12.0 Å². The van der Waals surface area contributed by atoms with Gasteiger partial charge in [0.1, 0.15) is 5.82 Å². The third-order valence-electron chi connectivity index (χ3n) is 5.50. The Morgan fingerprint density at radius 3 is 2.80 bits per heavy atom. The van der Waals surface area contributed by atoms with Crippen LogP contribution in [0.4, 0.5) is 5.82 Å². The van der Waals surface area contributed by atoms with Crippen molar-refractivity contribution in [3.05, 3.63) is 23.9 Å². The van der Waals surface area contributed by atoms with Crippen molar-refractivity contribution in [2.45, 2.75) is 25.8 Å². The maximum absolute atomic E-state index is 13.0. The molecular weight excluding hydrogens is 316 g/mol. The predicted octanol–water partition coefficient (Wildman–Crippen LogP) is 1.61. The standard InChI is InChI=1S/C19H30N4O2/c1-21(2)17-6-5-16(13-20-17)14-22-10-8-19(15-22)7-4-9-23(18(19)24)11-12-25-3/h5-6,13H,4,7-12,14-15H2,1-3H3/t19-/m0/s1. The van der Waals surface area contributed by atoms with E-state index in [-0.39, 0.29) is 5.41 Å². The van der Waals surface area contributed by atoms with E-state index in [1.165, 1.54) is 5.56 Å². The fraction of sp³-hybridized carbons (Fsp3) is 0.684. The number of methoxy groups -OCH3 is 1. The highest BCUT2D eigenvalue weighted by atomic mass is 16.5. The molecule has 6 heteroatoms. The number of anilines is 1. The van der Waals surface area contributed by atoms with Crippen LogP contribution in [0.5, 0.6) is 0 Å². The number of hydrogen-bond acceptors (Lipinski definition) is 5. The summed E-state index contributed by atoms with van der Waals surface area (Å²) in [4.78, 5) is 23.9. The third-order valence-corrected chi connectivity index (χ3v) is 5.50. The zero-order valence-corrected chi connectivity index (χ0v) is 15.7. The van der Waals surface area contributed by atoms with E-state index in [4.69, 9.17) is 4.74 Å². The molecular formula is C19H30N4O2. The van der Waals surface area contributed by atoms with Crippen molar-refractivity contribution < 1.29 is 9.53 Å². The molecule has 1 atom stereocenters. The number of rotatable bonds is 6. The maximum atomic E-state index is 13.0. The highest BCUT2D eigenvalue weighted by Crippen LogP contribution is 2.40. The molecule has 1 aromatic rings. The van der Waals surface area contributed by atoms with E-state index in [0.29, 0.717) is 19.1 Å². The molecule has 0 radical (unpaired) electrons. The van der Waals surface area contributed by atoms with Crippen molar-refractivity contribution in [2.75, 3.05) is 58.9 Å². The maximum Gasteiger partial charge on any atom is 0.230 e. The first kappa shape index (κ1) is 18.1. The molecule has 2 aliphatic rings. The Bertz CT molecular complexity index is 590. The zero-order valence-electron chi connectivity index (χ0n) is 15.7. The summed E-state index contributed by atoms with van der Waals surface area (Å²) in [6, 6.07) is 4.19. The largest absolute Gasteiger partial charge is 0.383 e. The van der Waals surface area contributed by atoms with E-state index < -0.39 is 0 Å². The molecule has 3 heterocycles. The van der Waals surface area contributed by atoms with Crippen LogP contribution in [0.3, 0.4) is 0 Å². The van der Waals surface area contributed by atoms with Crippen LogP contribution in [-0.4, -0.2) is 74.7 Å². The average Bonchev–Trinajstić information content (AvgIpc) is 3.00. The van der Waals surface area contributed by atoms with Gasteiger partial charge in [-0.05, 0) is 37.4 Å². The number of ether oxygens (including phenoxy) is 1. The fourth-order valence-corrected chi connectivity index (χ4v) is 4.07. The summed E-state index contributed by atoms with van der Waals surface area (Å²) < 4.78 is 5.16. The molecule has 0 saturated carbocycles. The second kappa shape index (κ2) is 7.70. The molecule has 1 spiro atoms. The first-order valence-electron chi connectivity index (χ1n) is 9.17. The van der Waals surface area contributed by atoms with E-state index >= 15 is 0 Å². The van der Waals surface area contributed by atoms with Gasteiger partial charge in [0.15, 0.2) is 0 Å². The Kier molecular flexibility index (Phi) is 5.59. The van der Waals surface area contributed by atoms with Gasteiger partial charge in [0.25, 0.3) is 0 Å². The molecule has 25 heavy (non-hydrogen) atoms. The Morgan fingerprint density at radius 1 is 1.28 bits per heavy atom. The highest BCUT2D eigenvalue weighted by Gasteiger charge is 2.47. The van der Waals surface area contributed by atoms with E-state index in [1.54, 1.807) is 7.11 Å². The highest BCUT2D eigenvalue weighted by molar-refractivity contribution is 5.84. The summed E-state index contributed by atoms with van der Waals surface area (Å²) in [5, 5.41) is 0. The summed E-state index contributed by atoms with van der Waals surface area (Å²) in [6.07, 6.45) is 5.04. The minimum Gasteiger partial charge on any atom is -0.383 e. The molecule has 6 nitrogen and oxygen atoms in total. The van der Waals surface area contributed by atoms with Gasteiger partial charge in [-0.2, -0.15) is 0 Å². The number of aromatic nitrogens is 1. The third kappa shape index (κ3) is 3.96. The van der Waals surface area contributed by atoms with E-state index in [1.807, 2.05) is 30.1 Å². The van der Waals surface area contributed by atoms with Gasteiger partial charge in [-0.25, -0.2) is 4.98 Å². The van der Waals surface area contributed by atoms with Crippen LogP contribution in [0, 0.1) is 5.41 Å². The summed E-state index contributed by atoms with van der Waals surface area (Å²) >= 11 is 0. The predicted molar refractivity (Wildman–Crippen MR) is 98.6 cm³/mol. The summed E-state index contributed by atoms with van der Waals surface area (Å²) in [7, 11) is 5.68. The molecule has 0 aliphatic carbocycles. The summed E-state index contributed by atoms with van der Waals surface area (Å²) in [5.74, 6) is 1.30. The average molecular weight is 346 g/mol. The topological polar surface area (TPSA) is 48.9 Å². The van der Waals surface area contributed by atoms with Gasteiger partial charge in [-0.3, -0.25) is 9.69 Å². The molecule has 138 valence electrons. The number of hydrogen-bond donors (Lipinski definition) is 0.